The molecule has 0 radical (unpaired) electrons. The molecule has 0 spiro atoms. The highest BCUT2D eigenvalue weighted by atomic mass is 16.6. The molecule has 0 unspecified atom stereocenters. The number of rotatable bonds is 5. The van der Waals surface area contributed by atoms with Crippen LogP contribution >= 0.6 is 0 Å². The fourth-order valence-electron chi connectivity index (χ4n) is 1.80. The Bertz CT molecular complexity index is 571. The van der Waals surface area contributed by atoms with Crippen molar-refractivity contribution in [1.82, 2.24) is 5.32 Å². The van der Waals surface area contributed by atoms with E-state index in [1.807, 2.05) is 19.1 Å². The maximum Gasteiger partial charge on any atom is 0.407 e. The van der Waals surface area contributed by atoms with Gasteiger partial charge in [-0.1, -0.05) is 29.8 Å². The Hall–Kier alpha value is -2.30. The third kappa shape index (κ3) is 6.43. The van der Waals surface area contributed by atoms with Crippen LogP contribution in [0.15, 0.2) is 24.3 Å². The van der Waals surface area contributed by atoms with Crippen LogP contribution in [-0.4, -0.2) is 29.3 Å². The largest absolute Gasteiger partial charge is 0.478 e. The van der Waals surface area contributed by atoms with Gasteiger partial charge in [0.2, 0.25) is 0 Å². The number of amides is 1. The Balaban J connectivity index is 2.52. The number of hydrogen-bond donors (Lipinski definition) is 2. The van der Waals surface area contributed by atoms with Gasteiger partial charge in [0.15, 0.2) is 0 Å². The van der Waals surface area contributed by atoms with Gasteiger partial charge in [0.1, 0.15) is 5.60 Å². The zero-order valence-corrected chi connectivity index (χ0v) is 13.5. The molecule has 0 aliphatic heterocycles. The number of alkyl carbamates (subject to hydrolysis) is 1. The monoisotopic (exact) mass is 305 g/mol. The van der Waals surface area contributed by atoms with Crippen molar-refractivity contribution in [2.45, 2.75) is 39.7 Å². The third-order valence-corrected chi connectivity index (χ3v) is 2.71. The number of benzene rings is 1. The fourth-order valence-corrected chi connectivity index (χ4v) is 1.80. The van der Waals surface area contributed by atoms with Gasteiger partial charge in [-0.15, -0.1) is 0 Å². The molecular weight excluding hydrogens is 282 g/mol. The molecule has 0 aliphatic rings. The maximum absolute atomic E-state index is 11.4. The number of aryl methyl sites for hydroxylation is 1. The molecule has 2 N–H and O–H groups in total. The van der Waals surface area contributed by atoms with Gasteiger partial charge in [-0.3, -0.25) is 0 Å². The quantitative estimate of drug-likeness (QED) is 0.815. The Morgan fingerprint density at radius 1 is 1.32 bits per heavy atom. The van der Waals surface area contributed by atoms with Gasteiger partial charge < -0.3 is 15.2 Å². The molecule has 0 heterocycles. The van der Waals surface area contributed by atoms with E-state index in [2.05, 4.69) is 5.32 Å². The molecule has 0 fully saturated rings. The van der Waals surface area contributed by atoms with Crippen LogP contribution in [0.4, 0.5) is 4.79 Å². The molecule has 22 heavy (non-hydrogen) atoms. The van der Waals surface area contributed by atoms with E-state index in [1.54, 1.807) is 39.0 Å². The second-order valence-corrected chi connectivity index (χ2v) is 6.02. The number of hydrogen-bond acceptors (Lipinski definition) is 3. The van der Waals surface area contributed by atoms with Crippen molar-refractivity contribution in [2.24, 2.45) is 0 Å². The Labute approximate surface area is 131 Å². The minimum absolute atomic E-state index is 0.266. The first-order chi connectivity index (χ1) is 10.2. The van der Waals surface area contributed by atoms with Crippen LogP contribution in [0.5, 0.6) is 0 Å². The Kier molecular flexibility index (Phi) is 6.16. The van der Waals surface area contributed by atoms with E-state index in [0.717, 1.165) is 5.56 Å². The molecule has 0 bridgehead atoms. The molecule has 1 aromatic carbocycles. The van der Waals surface area contributed by atoms with Gasteiger partial charge >= 0.3 is 12.1 Å². The summed E-state index contributed by atoms with van der Waals surface area (Å²) in [6, 6.07) is 5.18. The van der Waals surface area contributed by atoms with E-state index in [9.17, 15) is 9.59 Å². The van der Waals surface area contributed by atoms with Crippen molar-refractivity contribution in [2.75, 3.05) is 6.54 Å². The molecule has 1 amide bonds. The molecule has 0 atom stereocenters. The number of carbonyl (C=O) groups is 2. The van der Waals surface area contributed by atoms with Crippen molar-refractivity contribution in [3.8, 4) is 0 Å². The van der Waals surface area contributed by atoms with Crippen LogP contribution in [-0.2, 0) is 4.74 Å². The number of aromatic carboxylic acids is 1. The van der Waals surface area contributed by atoms with Crippen molar-refractivity contribution in [1.29, 1.82) is 0 Å². The lowest BCUT2D eigenvalue weighted by Crippen LogP contribution is -2.32. The summed E-state index contributed by atoms with van der Waals surface area (Å²) in [6.07, 6.45) is 3.72. The summed E-state index contributed by atoms with van der Waals surface area (Å²) >= 11 is 0. The summed E-state index contributed by atoms with van der Waals surface area (Å²) in [6.45, 7) is 7.75. The zero-order valence-electron chi connectivity index (χ0n) is 13.5. The summed E-state index contributed by atoms with van der Waals surface area (Å²) in [5, 5.41) is 11.8. The van der Waals surface area contributed by atoms with E-state index in [0.29, 0.717) is 18.5 Å². The van der Waals surface area contributed by atoms with Crippen molar-refractivity contribution < 1.29 is 19.4 Å². The second-order valence-electron chi connectivity index (χ2n) is 6.02. The van der Waals surface area contributed by atoms with Crippen molar-refractivity contribution in [3.05, 3.63) is 41.0 Å². The molecule has 120 valence electrons. The van der Waals surface area contributed by atoms with Crippen LogP contribution in [0, 0.1) is 6.92 Å². The van der Waals surface area contributed by atoms with Gasteiger partial charge in [0.05, 0.1) is 5.56 Å². The predicted octanol–water partition coefficient (Wildman–Crippen LogP) is 3.62. The van der Waals surface area contributed by atoms with E-state index in [4.69, 9.17) is 9.84 Å². The van der Waals surface area contributed by atoms with Gasteiger partial charge in [0.25, 0.3) is 0 Å². The highest BCUT2D eigenvalue weighted by Gasteiger charge is 2.15. The van der Waals surface area contributed by atoms with Gasteiger partial charge in [0, 0.05) is 6.54 Å². The van der Waals surface area contributed by atoms with Crippen LogP contribution in [0.25, 0.3) is 6.08 Å². The van der Waals surface area contributed by atoms with Crippen LogP contribution in [0.2, 0.25) is 0 Å². The first-order valence-electron chi connectivity index (χ1n) is 7.16. The predicted molar refractivity (Wildman–Crippen MR) is 86.0 cm³/mol. The smallest absolute Gasteiger partial charge is 0.407 e. The number of carboxylic acid groups (broad SMARTS) is 1. The third-order valence-electron chi connectivity index (χ3n) is 2.71. The fraction of sp³-hybridized carbons (Fsp3) is 0.412. The minimum Gasteiger partial charge on any atom is -0.478 e. The lowest BCUT2D eigenvalue weighted by Gasteiger charge is -2.19. The molecule has 5 heteroatoms. The summed E-state index contributed by atoms with van der Waals surface area (Å²) in [7, 11) is 0. The topological polar surface area (TPSA) is 75.6 Å². The van der Waals surface area contributed by atoms with Gasteiger partial charge in [-0.05, 0) is 45.7 Å². The molecule has 0 aliphatic carbocycles. The van der Waals surface area contributed by atoms with Gasteiger partial charge in [-0.25, -0.2) is 9.59 Å². The standard InChI is InChI=1S/C17H23NO4/c1-12-8-9-14(15(19)20)13(11-12)7-5-6-10-18-16(21)22-17(2,3)4/h5,7-9,11H,6,10H2,1-4H3,(H,18,21)(H,19,20). The normalized spacial score (nSPS) is 11.5. The lowest BCUT2D eigenvalue weighted by molar-refractivity contribution is 0.0528. The highest BCUT2D eigenvalue weighted by molar-refractivity contribution is 5.92. The number of carbonyl (C=O) groups excluding carboxylic acids is 1. The number of carboxylic acids is 1. The average Bonchev–Trinajstić information content (AvgIpc) is 2.35. The number of ether oxygens (including phenoxy) is 1. The van der Waals surface area contributed by atoms with E-state index >= 15 is 0 Å². The van der Waals surface area contributed by atoms with E-state index in [-0.39, 0.29) is 5.56 Å². The SMILES string of the molecule is Cc1ccc(C(=O)O)c(C=CCCNC(=O)OC(C)(C)C)c1. The zero-order chi connectivity index (χ0) is 16.8. The maximum atomic E-state index is 11.4. The van der Waals surface area contributed by atoms with Crippen molar-refractivity contribution in [3.63, 3.8) is 0 Å². The van der Waals surface area contributed by atoms with Crippen LogP contribution in [0.3, 0.4) is 0 Å². The molecule has 0 saturated heterocycles. The molecule has 5 nitrogen and oxygen atoms in total. The van der Waals surface area contributed by atoms with E-state index in [1.165, 1.54) is 0 Å². The lowest BCUT2D eigenvalue weighted by atomic mass is 10.0. The molecule has 0 aromatic heterocycles. The summed E-state index contributed by atoms with van der Waals surface area (Å²) < 4.78 is 5.12. The first kappa shape index (κ1) is 17.8. The molecule has 1 aromatic rings. The van der Waals surface area contributed by atoms with E-state index < -0.39 is 17.7 Å². The molecule has 1 rings (SSSR count). The number of nitrogens with one attached hydrogen (secondary N) is 1. The summed E-state index contributed by atoms with van der Waals surface area (Å²) in [5.74, 6) is -0.952. The Morgan fingerprint density at radius 2 is 2.00 bits per heavy atom. The van der Waals surface area contributed by atoms with Crippen molar-refractivity contribution >= 4 is 18.1 Å². The Morgan fingerprint density at radius 3 is 2.59 bits per heavy atom. The summed E-state index contributed by atoms with van der Waals surface area (Å²) in [4.78, 5) is 22.6. The van der Waals surface area contributed by atoms with Gasteiger partial charge in [-0.2, -0.15) is 0 Å². The average molecular weight is 305 g/mol. The minimum atomic E-state index is -0.952. The molecule has 0 saturated carbocycles. The highest BCUT2D eigenvalue weighted by Crippen LogP contribution is 2.14. The van der Waals surface area contributed by atoms with Crippen LogP contribution in [0.1, 0.15) is 48.7 Å². The summed E-state index contributed by atoms with van der Waals surface area (Å²) in [5.41, 5.74) is 1.40. The first-order valence-corrected chi connectivity index (χ1v) is 7.16. The second kappa shape index (κ2) is 7.64. The molecular formula is C17H23NO4. The van der Waals surface area contributed by atoms with Crippen LogP contribution < -0.4 is 5.32 Å².